The van der Waals surface area contributed by atoms with Crippen LogP contribution >= 0.6 is 0 Å². The number of aromatic amines is 1. The van der Waals surface area contributed by atoms with Gasteiger partial charge in [0, 0.05) is 24.8 Å². The number of rotatable bonds is 10. The normalized spacial score (nSPS) is 17.4. The summed E-state index contributed by atoms with van der Waals surface area (Å²) >= 11 is 0. The molecule has 3 heterocycles. The lowest BCUT2D eigenvalue weighted by molar-refractivity contribution is -0.200. The molecule has 194 valence electrons. The Morgan fingerprint density at radius 3 is 2.68 bits per heavy atom. The van der Waals surface area contributed by atoms with Crippen LogP contribution in [0.1, 0.15) is 5.82 Å². The molecular formula is C25H29FN8O3. The molecule has 37 heavy (non-hydrogen) atoms. The predicted octanol–water partition coefficient (Wildman–Crippen LogP) is 1.82. The number of nitriles is 1. The minimum Gasteiger partial charge on any atom is -0.353 e. The van der Waals surface area contributed by atoms with Gasteiger partial charge in [-0.25, -0.2) is 19.3 Å². The van der Waals surface area contributed by atoms with Crippen molar-refractivity contribution in [1.82, 2.24) is 30.2 Å². The number of H-pyrrole nitrogens is 1. The molecule has 0 aliphatic carbocycles. The van der Waals surface area contributed by atoms with E-state index in [1.165, 1.54) is 12.1 Å². The first-order valence-electron chi connectivity index (χ1n) is 11.9. The highest BCUT2D eigenvalue weighted by Crippen LogP contribution is 2.30. The molecule has 2 aromatic heterocycles. The fraction of sp³-hybridized carbons (Fsp3) is 0.400. The number of imidazole rings is 1. The Labute approximate surface area is 214 Å². The number of carbonyl (C=O) groups is 1. The average Bonchev–Trinajstić information content (AvgIpc) is 3.32. The number of likely N-dealkylation sites (N-methyl/N-ethyl adjacent to an activating group) is 1. The van der Waals surface area contributed by atoms with E-state index in [1.807, 2.05) is 20.2 Å². The lowest BCUT2D eigenvalue weighted by atomic mass is 10.1. The van der Waals surface area contributed by atoms with Crippen LogP contribution in [-0.4, -0.2) is 84.0 Å². The van der Waals surface area contributed by atoms with Gasteiger partial charge in [0.15, 0.2) is 6.29 Å². The van der Waals surface area contributed by atoms with Gasteiger partial charge in [-0.05, 0) is 44.4 Å². The summed E-state index contributed by atoms with van der Waals surface area (Å²) in [6, 6.07) is 9.74. The molecule has 0 saturated carbocycles. The maximum atomic E-state index is 13.6. The summed E-state index contributed by atoms with van der Waals surface area (Å²) in [6.45, 7) is 1.80. The van der Waals surface area contributed by atoms with Gasteiger partial charge in [-0.15, -0.1) is 0 Å². The second-order valence-corrected chi connectivity index (χ2v) is 8.78. The number of carbonyl (C=O) groups excluding carboxylic acids is 1. The molecule has 0 unspecified atom stereocenters. The minimum atomic E-state index is -0.603. The summed E-state index contributed by atoms with van der Waals surface area (Å²) in [4.78, 5) is 31.1. The quantitative estimate of drug-likeness (QED) is 0.350. The molecule has 12 heteroatoms. The number of hydrogen-bond donors (Lipinski definition) is 3. The maximum Gasteiger partial charge on any atom is 0.228 e. The minimum absolute atomic E-state index is 0.0595. The number of ether oxygens (including phenoxy) is 2. The van der Waals surface area contributed by atoms with Gasteiger partial charge in [0.2, 0.25) is 11.9 Å². The van der Waals surface area contributed by atoms with Crippen molar-refractivity contribution in [2.75, 3.05) is 52.3 Å². The fourth-order valence-corrected chi connectivity index (χ4v) is 3.74. The number of aromatic nitrogens is 4. The van der Waals surface area contributed by atoms with Gasteiger partial charge in [0.1, 0.15) is 18.2 Å². The van der Waals surface area contributed by atoms with Crippen LogP contribution in [0.4, 0.5) is 10.3 Å². The molecule has 0 bridgehead atoms. The molecule has 0 spiro atoms. The van der Waals surface area contributed by atoms with Crippen LogP contribution in [0.5, 0.6) is 0 Å². The van der Waals surface area contributed by atoms with Gasteiger partial charge in [-0.1, -0.05) is 0 Å². The summed E-state index contributed by atoms with van der Waals surface area (Å²) in [5, 5.41) is 14.4. The Morgan fingerprint density at radius 1 is 1.22 bits per heavy atom. The molecule has 4 rings (SSSR count). The number of amides is 1. The van der Waals surface area contributed by atoms with E-state index < -0.39 is 12.2 Å². The van der Waals surface area contributed by atoms with Crippen LogP contribution < -0.4 is 10.6 Å². The van der Waals surface area contributed by atoms with E-state index in [9.17, 15) is 9.18 Å². The average molecular weight is 509 g/mol. The summed E-state index contributed by atoms with van der Waals surface area (Å²) in [5.74, 6) is -0.0240. The molecule has 3 aromatic rings. The third-order valence-electron chi connectivity index (χ3n) is 5.66. The van der Waals surface area contributed by atoms with Gasteiger partial charge < -0.3 is 30.0 Å². The topological polar surface area (TPSA) is 141 Å². The number of halogens is 1. The zero-order valence-electron chi connectivity index (χ0n) is 20.7. The van der Waals surface area contributed by atoms with Gasteiger partial charge in [-0.3, -0.25) is 4.79 Å². The second kappa shape index (κ2) is 12.4. The van der Waals surface area contributed by atoms with Crippen LogP contribution in [0.3, 0.4) is 0 Å². The number of nitrogens with zero attached hydrogens (tertiary/aromatic N) is 5. The van der Waals surface area contributed by atoms with Crippen LogP contribution in [0.2, 0.25) is 0 Å². The molecule has 1 aliphatic rings. The van der Waals surface area contributed by atoms with E-state index in [-0.39, 0.29) is 31.5 Å². The zero-order chi connectivity index (χ0) is 26.2. The lowest BCUT2D eigenvalue weighted by Crippen LogP contribution is -2.42. The van der Waals surface area contributed by atoms with Crippen LogP contribution in [0.15, 0.2) is 36.5 Å². The predicted molar refractivity (Wildman–Crippen MR) is 134 cm³/mol. The Kier molecular flexibility index (Phi) is 8.73. The third-order valence-corrected chi connectivity index (χ3v) is 5.66. The first kappa shape index (κ1) is 26.2. The summed E-state index contributed by atoms with van der Waals surface area (Å²) in [6.07, 6.45) is 1.37. The highest BCUT2D eigenvalue weighted by molar-refractivity contribution is 5.79. The Bertz CT molecular complexity index is 1230. The van der Waals surface area contributed by atoms with E-state index in [0.29, 0.717) is 41.8 Å². The molecular weight excluding hydrogens is 479 g/mol. The van der Waals surface area contributed by atoms with Crippen molar-refractivity contribution in [3.8, 4) is 28.7 Å². The van der Waals surface area contributed by atoms with Crippen molar-refractivity contribution in [2.24, 2.45) is 5.92 Å². The Hall–Kier alpha value is -3.92. The van der Waals surface area contributed by atoms with Crippen LogP contribution in [-0.2, 0) is 20.7 Å². The number of nitrogens with one attached hydrogen (secondary N) is 3. The lowest BCUT2D eigenvalue weighted by Gasteiger charge is -2.28. The van der Waals surface area contributed by atoms with Gasteiger partial charge in [0.05, 0.1) is 48.7 Å². The third kappa shape index (κ3) is 7.07. The van der Waals surface area contributed by atoms with Crippen molar-refractivity contribution in [1.29, 1.82) is 5.26 Å². The first-order chi connectivity index (χ1) is 17.9. The van der Waals surface area contributed by atoms with Crippen molar-refractivity contribution < 1.29 is 18.7 Å². The van der Waals surface area contributed by atoms with Crippen molar-refractivity contribution in [3.63, 3.8) is 0 Å². The van der Waals surface area contributed by atoms with Crippen molar-refractivity contribution in [2.45, 2.75) is 12.7 Å². The number of benzene rings is 1. The molecule has 0 radical (unpaired) electrons. The highest BCUT2D eigenvalue weighted by Gasteiger charge is 2.28. The number of anilines is 1. The zero-order valence-corrected chi connectivity index (χ0v) is 20.7. The van der Waals surface area contributed by atoms with E-state index in [4.69, 9.17) is 19.7 Å². The molecule has 1 aromatic carbocycles. The Balaban J connectivity index is 1.52. The first-order valence-corrected chi connectivity index (χ1v) is 11.9. The molecule has 1 saturated heterocycles. The number of hydrogen-bond acceptors (Lipinski definition) is 9. The van der Waals surface area contributed by atoms with Gasteiger partial charge in [0.25, 0.3) is 0 Å². The molecule has 11 nitrogen and oxygen atoms in total. The second-order valence-electron chi connectivity index (χ2n) is 8.78. The maximum absolute atomic E-state index is 13.6. The van der Waals surface area contributed by atoms with E-state index >= 15 is 0 Å². The van der Waals surface area contributed by atoms with E-state index in [2.05, 4.69) is 30.5 Å². The monoisotopic (exact) mass is 508 g/mol. The standard InChI is InChI=1S/C25H29FN8O3/c1-34(2)12-11-30-25-29-9-7-19(31-25)23-22(16-3-5-18(26)6-4-16)32-20(33-23)13-21-36-14-17(15-37-21)24(35)28-10-8-27/h3-7,9,17,21H,10-15H2,1-2H3,(H,28,35)(H,32,33)(H,29,30,31). The summed E-state index contributed by atoms with van der Waals surface area (Å²) in [5.41, 5.74) is 2.61. The largest absolute Gasteiger partial charge is 0.353 e. The van der Waals surface area contributed by atoms with E-state index in [1.54, 1.807) is 24.4 Å². The Morgan fingerprint density at radius 2 is 1.97 bits per heavy atom. The highest BCUT2D eigenvalue weighted by atomic mass is 19.1. The summed E-state index contributed by atoms with van der Waals surface area (Å²) < 4.78 is 25.1. The summed E-state index contributed by atoms with van der Waals surface area (Å²) in [7, 11) is 3.98. The van der Waals surface area contributed by atoms with Crippen LogP contribution in [0, 0.1) is 23.1 Å². The molecule has 1 fully saturated rings. The van der Waals surface area contributed by atoms with Crippen LogP contribution in [0.25, 0.3) is 22.6 Å². The SMILES string of the molecule is CN(C)CCNc1nccc(-c2[nH]c(CC3OCC(C(=O)NCC#N)CO3)nc2-c2ccc(F)cc2)n1. The molecule has 1 amide bonds. The fourth-order valence-electron chi connectivity index (χ4n) is 3.74. The molecule has 0 atom stereocenters. The van der Waals surface area contributed by atoms with Crippen molar-refractivity contribution >= 4 is 11.9 Å². The van der Waals surface area contributed by atoms with Crippen molar-refractivity contribution in [3.05, 3.63) is 48.2 Å². The smallest absolute Gasteiger partial charge is 0.228 e. The molecule has 1 aliphatic heterocycles. The van der Waals surface area contributed by atoms with E-state index in [0.717, 1.165) is 12.1 Å². The van der Waals surface area contributed by atoms with Gasteiger partial charge in [-0.2, -0.15) is 5.26 Å². The molecule has 3 N–H and O–H groups in total. The van der Waals surface area contributed by atoms with Gasteiger partial charge >= 0.3 is 0 Å².